The summed E-state index contributed by atoms with van der Waals surface area (Å²) >= 11 is 0. The lowest BCUT2D eigenvalue weighted by molar-refractivity contribution is -0.150. The van der Waals surface area contributed by atoms with Gasteiger partial charge in [-0.25, -0.2) is 4.79 Å². The normalized spacial score (nSPS) is 16.9. The highest BCUT2D eigenvalue weighted by Crippen LogP contribution is 2.19. The van der Waals surface area contributed by atoms with E-state index < -0.39 is 121 Å². The number of amides is 7. The third-order valence-corrected chi connectivity index (χ3v) is 9.08. The van der Waals surface area contributed by atoms with Crippen LogP contribution in [-0.4, -0.2) is 159 Å². The molecular formula is C36H55N11O13. The van der Waals surface area contributed by atoms with Crippen LogP contribution >= 0.6 is 0 Å². The molecule has 24 nitrogen and oxygen atoms in total. The molecule has 0 unspecified atom stereocenters. The fourth-order valence-corrected chi connectivity index (χ4v) is 5.88. The molecule has 1 heterocycles. The average Bonchev–Trinajstić information content (AvgIpc) is 3.69. The van der Waals surface area contributed by atoms with Crippen molar-refractivity contribution in [3.8, 4) is 0 Å². The van der Waals surface area contributed by atoms with Crippen molar-refractivity contribution in [3.05, 3.63) is 35.9 Å². The van der Waals surface area contributed by atoms with Crippen molar-refractivity contribution >= 4 is 59.2 Å². The number of aliphatic imine (C=N–C) groups is 1. The van der Waals surface area contributed by atoms with Gasteiger partial charge in [-0.3, -0.25) is 43.3 Å². The first-order valence-electron chi connectivity index (χ1n) is 18.9. The summed E-state index contributed by atoms with van der Waals surface area (Å²) in [5, 5.41) is 52.6. The highest BCUT2D eigenvalue weighted by molar-refractivity contribution is 5.97. The number of aliphatic carboxylic acids is 2. The van der Waals surface area contributed by atoms with Crippen LogP contribution in [0.3, 0.4) is 0 Å². The van der Waals surface area contributed by atoms with Gasteiger partial charge in [0.05, 0.1) is 31.7 Å². The zero-order valence-corrected chi connectivity index (χ0v) is 33.2. The highest BCUT2D eigenvalue weighted by Gasteiger charge is 2.39. The van der Waals surface area contributed by atoms with E-state index in [1.807, 2.05) is 0 Å². The van der Waals surface area contributed by atoms with Gasteiger partial charge in [0.2, 0.25) is 41.4 Å². The predicted molar refractivity (Wildman–Crippen MR) is 210 cm³/mol. The van der Waals surface area contributed by atoms with E-state index in [1.165, 1.54) is 13.8 Å². The van der Waals surface area contributed by atoms with E-state index >= 15 is 0 Å². The summed E-state index contributed by atoms with van der Waals surface area (Å²) in [6.45, 7) is 1.05. The highest BCUT2D eigenvalue weighted by atomic mass is 16.4. The Bertz CT molecular complexity index is 1720. The van der Waals surface area contributed by atoms with Gasteiger partial charge in [-0.15, -0.1) is 0 Å². The summed E-state index contributed by atoms with van der Waals surface area (Å²) < 4.78 is 0. The second-order valence-corrected chi connectivity index (χ2v) is 14.0. The first kappa shape index (κ1) is 49.7. The standard InChI is InChI=1S/C36H55N11O13/c1-18(48)28(37)32(56)46-29(19(2)49)33(57)42-16-25(50)41-17-26(51)43-21(10-6-12-40-36(38)39)30(54)44-22(14-20-8-4-3-5-9-20)31(55)45-23(15-27(52)53)34(58)47-13-7-11-24(47)35(59)60/h3-5,8-9,18-19,21-24,28-29,48-49H,6-7,10-17,37H2,1-2H3,(H,41,50)(H,42,57)(H,43,51)(H,44,54)(H,45,55)(H,46,56)(H,52,53)(H,59,60)(H4,38,39,40)/t18-,19-,21+,22+,23+,24+,28+,29+/m1/s1. The molecule has 0 saturated carbocycles. The lowest BCUT2D eigenvalue weighted by Gasteiger charge is -2.28. The van der Waals surface area contributed by atoms with Crippen molar-refractivity contribution in [3.63, 3.8) is 0 Å². The maximum Gasteiger partial charge on any atom is 0.326 e. The van der Waals surface area contributed by atoms with Crippen molar-refractivity contribution < 1.29 is 63.6 Å². The molecule has 0 bridgehead atoms. The molecule has 60 heavy (non-hydrogen) atoms. The van der Waals surface area contributed by atoms with E-state index in [0.29, 0.717) is 12.0 Å². The smallest absolute Gasteiger partial charge is 0.326 e. The minimum absolute atomic E-state index is 0.0204. The minimum atomic E-state index is -1.70. The summed E-state index contributed by atoms with van der Waals surface area (Å²) in [6.07, 6.45) is -3.27. The number of benzene rings is 1. The lowest BCUT2D eigenvalue weighted by atomic mass is 10.0. The van der Waals surface area contributed by atoms with E-state index in [-0.39, 0.29) is 44.7 Å². The molecule has 1 aromatic carbocycles. The Labute approximate surface area is 344 Å². The maximum absolute atomic E-state index is 13.8. The molecular weight excluding hydrogens is 794 g/mol. The third-order valence-electron chi connectivity index (χ3n) is 9.08. The number of carbonyl (C=O) groups is 9. The number of carboxylic acid groups (broad SMARTS) is 2. The Hall–Kier alpha value is -6.40. The number of rotatable bonds is 24. The Morgan fingerprint density at radius 3 is 1.98 bits per heavy atom. The monoisotopic (exact) mass is 849 g/mol. The molecule has 0 radical (unpaired) electrons. The summed E-state index contributed by atoms with van der Waals surface area (Å²) in [7, 11) is 0. The summed E-state index contributed by atoms with van der Waals surface area (Å²) in [5.74, 6) is -9.54. The van der Waals surface area contributed by atoms with Gasteiger partial charge in [0.15, 0.2) is 5.96 Å². The Morgan fingerprint density at radius 1 is 0.783 bits per heavy atom. The number of hydrogen-bond donors (Lipinski definition) is 13. The van der Waals surface area contributed by atoms with E-state index in [2.05, 4.69) is 36.9 Å². The topological polar surface area (TPSA) is 400 Å². The number of aliphatic hydroxyl groups is 2. The number of likely N-dealkylation sites (tertiary alicyclic amines) is 1. The van der Waals surface area contributed by atoms with E-state index in [1.54, 1.807) is 30.3 Å². The number of hydrogen-bond acceptors (Lipinski definition) is 13. The molecule has 1 aliphatic rings. The van der Waals surface area contributed by atoms with Crippen LogP contribution in [-0.2, 0) is 49.6 Å². The zero-order valence-electron chi connectivity index (χ0n) is 33.2. The van der Waals surface area contributed by atoms with Crippen LogP contribution in [0.2, 0.25) is 0 Å². The number of guanidine groups is 1. The molecule has 1 saturated heterocycles. The first-order valence-corrected chi connectivity index (χ1v) is 18.9. The molecule has 1 fully saturated rings. The van der Waals surface area contributed by atoms with Gasteiger partial charge in [-0.05, 0) is 45.1 Å². The molecule has 0 aromatic heterocycles. The number of nitrogens with two attached hydrogens (primary N) is 3. The van der Waals surface area contributed by atoms with Gasteiger partial charge in [0.25, 0.3) is 0 Å². The summed E-state index contributed by atoms with van der Waals surface area (Å²) in [4.78, 5) is 120. The summed E-state index contributed by atoms with van der Waals surface area (Å²) in [5.41, 5.74) is 16.9. The van der Waals surface area contributed by atoms with Gasteiger partial charge in [-0.1, -0.05) is 30.3 Å². The van der Waals surface area contributed by atoms with Crippen LogP contribution in [0.1, 0.15) is 51.5 Å². The quantitative estimate of drug-likeness (QED) is 0.0262. The van der Waals surface area contributed by atoms with Gasteiger partial charge < -0.3 is 74.4 Å². The number of nitrogens with zero attached hydrogens (tertiary/aromatic N) is 2. The largest absolute Gasteiger partial charge is 0.481 e. The van der Waals surface area contributed by atoms with Crippen molar-refractivity contribution in [2.45, 2.75) is 101 Å². The molecule has 0 aliphatic carbocycles. The Balaban J connectivity index is 2.21. The predicted octanol–water partition coefficient (Wildman–Crippen LogP) is -5.91. The molecule has 1 aromatic rings. The second-order valence-electron chi connectivity index (χ2n) is 14.0. The summed E-state index contributed by atoms with van der Waals surface area (Å²) in [6, 6.07) is -0.421. The van der Waals surface area contributed by atoms with Crippen molar-refractivity contribution in [2.75, 3.05) is 26.2 Å². The molecule has 8 atom stereocenters. The van der Waals surface area contributed by atoms with Crippen LogP contribution in [0.15, 0.2) is 35.3 Å². The van der Waals surface area contributed by atoms with Crippen molar-refractivity contribution in [2.24, 2.45) is 22.2 Å². The second kappa shape index (κ2) is 24.5. The van der Waals surface area contributed by atoms with Crippen LogP contribution in [0.25, 0.3) is 0 Å². The number of carboxylic acids is 2. The molecule has 332 valence electrons. The molecule has 7 amide bonds. The van der Waals surface area contributed by atoms with Crippen molar-refractivity contribution in [1.29, 1.82) is 0 Å². The Kier molecular flexibility index (Phi) is 20.3. The average molecular weight is 850 g/mol. The van der Waals surface area contributed by atoms with Gasteiger partial charge >= 0.3 is 11.9 Å². The molecule has 2 rings (SSSR count). The zero-order chi connectivity index (χ0) is 45.1. The van der Waals surface area contributed by atoms with Gasteiger partial charge in [0, 0.05) is 19.5 Å². The van der Waals surface area contributed by atoms with Gasteiger partial charge in [0.1, 0.15) is 36.3 Å². The molecule has 0 spiro atoms. The van der Waals surface area contributed by atoms with E-state index in [9.17, 15) is 63.6 Å². The van der Waals surface area contributed by atoms with E-state index in [0.717, 1.165) is 4.90 Å². The minimum Gasteiger partial charge on any atom is -0.481 e. The molecule has 1 aliphatic heterocycles. The third kappa shape index (κ3) is 16.8. The first-order chi connectivity index (χ1) is 28.2. The van der Waals surface area contributed by atoms with Gasteiger partial charge in [-0.2, -0.15) is 0 Å². The number of aliphatic hydroxyl groups excluding tert-OH is 2. The van der Waals surface area contributed by atoms with Crippen molar-refractivity contribution in [1.82, 2.24) is 36.8 Å². The molecule has 16 N–H and O–H groups in total. The van der Waals surface area contributed by atoms with E-state index in [4.69, 9.17) is 17.2 Å². The maximum atomic E-state index is 13.8. The van der Waals surface area contributed by atoms with Crippen LogP contribution in [0.4, 0.5) is 0 Å². The lowest BCUT2D eigenvalue weighted by Crippen LogP contribution is -2.59. The van der Waals surface area contributed by atoms with Crippen LogP contribution in [0, 0.1) is 0 Å². The van der Waals surface area contributed by atoms with Crippen LogP contribution < -0.4 is 49.1 Å². The number of carbonyl (C=O) groups excluding carboxylic acids is 7. The number of nitrogens with one attached hydrogen (secondary N) is 6. The van der Waals surface area contributed by atoms with Crippen LogP contribution in [0.5, 0.6) is 0 Å². The molecule has 24 heteroatoms. The fourth-order valence-electron chi connectivity index (χ4n) is 5.88. The fraction of sp³-hybridized carbons (Fsp3) is 0.556. The Morgan fingerprint density at radius 2 is 1.40 bits per heavy atom. The SMILES string of the molecule is C[C@@H](O)[C@H](N)C(=O)N[C@H](C(=O)NCC(=O)NCC(=O)N[C@@H](CCCN=C(N)N)C(=O)N[C@@H](Cc1ccccc1)C(=O)N[C@@H](CC(=O)O)C(=O)N1CCC[C@H]1C(=O)O)[C@@H](C)O.